The molecule has 0 aliphatic heterocycles. The average molecular weight is 394 g/mol. The molecule has 0 saturated heterocycles. The highest BCUT2D eigenvalue weighted by atomic mass is 19.2. The number of rotatable bonds is 10. The van der Waals surface area contributed by atoms with E-state index in [2.05, 4.69) is 10.3 Å². The molecule has 2 rings (SSSR count). The summed E-state index contributed by atoms with van der Waals surface area (Å²) in [6, 6.07) is 3.56. The summed E-state index contributed by atoms with van der Waals surface area (Å²) in [7, 11) is 0. The van der Waals surface area contributed by atoms with Gasteiger partial charge in [-0.2, -0.15) is 4.39 Å². The van der Waals surface area contributed by atoms with Crippen LogP contribution in [0.3, 0.4) is 0 Å². The van der Waals surface area contributed by atoms with Crippen molar-refractivity contribution in [1.29, 1.82) is 0 Å². The lowest BCUT2D eigenvalue weighted by atomic mass is 10.0. The molecule has 2 aromatic rings. The zero-order valence-electron chi connectivity index (χ0n) is 15.4. The number of nitrogens with zero attached hydrogens (tertiary/aromatic N) is 1. The van der Waals surface area contributed by atoms with Crippen LogP contribution < -0.4 is 10.1 Å². The highest BCUT2D eigenvalue weighted by Crippen LogP contribution is 2.23. The van der Waals surface area contributed by atoms with E-state index in [0.29, 0.717) is 25.0 Å². The first-order valence-electron chi connectivity index (χ1n) is 8.94. The Morgan fingerprint density at radius 2 is 1.89 bits per heavy atom. The summed E-state index contributed by atoms with van der Waals surface area (Å²) in [5, 5.41) is 2.60. The monoisotopic (exact) mass is 394 g/mol. The second kappa shape index (κ2) is 10.4. The molecule has 1 aromatic carbocycles. The molecular formula is C20H21F3N2O3. The Balaban J connectivity index is 2.06. The van der Waals surface area contributed by atoms with E-state index in [1.807, 2.05) is 6.92 Å². The van der Waals surface area contributed by atoms with Crippen LogP contribution in [0, 0.1) is 17.5 Å². The zero-order chi connectivity index (χ0) is 20.5. The number of carbonyl (C=O) groups excluding carboxylic acids is 2. The third-order valence-corrected chi connectivity index (χ3v) is 4.07. The van der Waals surface area contributed by atoms with Gasteiger partial charge in [-0.1, -0.05) is 26.2 Å². The van der Waals surface area contributed by atoms with Crippen molar-refractivity contribution in [3.8, 4) is 5.75 Å². The third kappa shape index (κ3) is 5.80. The molecule has 5 nitrogen and oxygen atoms in total. The molecule has 1 aromatic heterocycles. The lowest BCUT2D eigenvalue weighted by Crippen LogP contribution is -2.43. The molecular weight excluding hydrogens is 373 g/mol. The minimum atomic E-state index is -1.50. The molecule has 28 heavy (non-hydrogen) atoms. The largest absolute Gasteiger partial charge is 0.480 e. The fraction of sp³-hybridized carbons (Fsp3) is 0.350. The van der Waals surface area contributed by atoms with Crippen LogP contribution in [0.2, 0.25) is 0 Å². The topological polar surface area (TPSA) is 68.3 Å². The molecule has 0 saturated carbocycles. The quantitative estimate of drug-likeness (QED) is 0.491. The maximum absolute atomic E-state index is 13.7. The minimum Gasteiger partial charge on any atom is -0.480 e. The van der Waals surface area contributed by atoms with Gasteiger partial charge in [0.05, 0.1) is 11.6 Å². The Morgan fingerprint density at radius 1 is 1.14 bits per heavy atom. The summed E-state index contributed by atoms with van der Waals surface area (Å²) in [4.78, 5) is 28.6. The molecule has 1 heterocycles. The predicted octanol–water partition coefficient (Wildman–Crippen LogP) is 3.83. The van der Waals surface area contributed by atoms with Crippen molar-refractivity contribution in [2.75, 3.05) is 6.61 Å². The molecule has 1 atom stereocenters. The van der Waals surface area contributed by atoms with Crippen LogP contribution in [0.1, 0.15) is 43.0 Å². The summed E-state index contributed by atoms with van der Waals surface area (Å²) in [5.41, 5.74) is 0.277. The smallest absolute Gasteiger partial charge is 0.253 e. The minimum absolute atomic E-state index is 0.277. The van der Waals surface area contributed by atoms with Gasteiger partial charge in [-0.25, -0.2) is 8.78 Å². The fourth-order valence-corrected chi connectivity index (χ4v) is 2.54. The van der Waals surface area contributed by atoms with E-state index in [1.54, 1.807) is 12.1 Å². The van der Waals surface area contributed by atoms with Crippen molar-refractivity contribution < 1.29 is 27.5 Å². The number of carbonyl (C=O) groups is 2. The third-order valence-electron chi connectivity index (χ3n) is 4.07. The maximum Gasteiger partial charge on any atom is 0.253 e. The van der Waals surface area contributed by atoms with E-state index in [-0.39, 0.29) is 5.56 Å². The van der Waals surface area contributed by atoms with E-state index >= 15 is 0 Å². The van der Waals surface area contributed by atoms with Crippen molar-refractivity contribution in [2.24, 2.45) is 0 Å². The maximum atomic E-state index is 13.7. The van der Waals surface area contributed by atoms with E-state index in [0.717, 1.165) is 12.8 Å². The van der Waals surface area contributed by atoms with Crippen molar-refractivity contribution >= 4 is 11.7 Å². The van der Waals surface area contributed by atoms with Crippen LogP contribution in [0.15, 0.2) is 36.7 Å². The molecule has 0 fully saturated rings. The lowest BCUT2D eigenvalue weighted by molar-refractivity contribution is -0.123. The average Bonchev–Trinajstić information content (AvgIpc) is 2.70. The van der Waals surface area contributed by atoms with Gasteiger partial charge in [-0.05, 0) is 30.7 Å². The number of ketones is 1. The van der Waals surface area contributed by atoms with Crippen molar-refractivity contribution in [1.82, 2.24) is 10.3 Å². The first-order chi connectivity index (χ1) is 13.4. The Labute approximate surface area is 160 Å². The second-order valence-electron chi connectivity index (χ2n) is 6.19. The number of amides is 1. The number of nitrogens with one attached hydrogen (secondary N) is 1. The summed E-state index contributed by atoms with van der Waals surface area (Å²) in [6.07, 6.45) is 5.64. The first-order valence-corrected chi connectivity index (χ1v) is 8.94. The zero-order valence-corrected chi connectivity index (χ0v) is 15.4. The number of Topliss-reactive ketones (excluding diaryl/α,β-unsaturated/α-hetero) is 1. The highest BCUT2D eigenvalue weighted by Gasteiger charge is 2.23. The Bertz CT molecular complexity index is 816. The highest BCUT2D eigenvalue weighted by molar-refractivity contribution is 5.98. The van der Waals surface area contributed by atoms with Crippen LogP contribution >= 0.6 is 0 Å². The van der Waals surface area contributed by atoms with Crippen molar-refractivity contribution in [2.45, 2.75) is 38.6 Å². The number of pyridine rings is 1. The number of aromatic nitrogens is 1. The molecule has 0 unspecified atom stereocenters. The lowest BCUT2D eigenvalue weighted by Gasteiger charge is -2.18. The van der Waals surface area contributed by atoms with Gasteiger partial charge in [0.1, 0.15) is 6.61 Å². The molecule has 150 valence electrons. The Hall–Kier alpha value is -2.90. The van der Waals surface area contributed by atoms with Crippen LogP contribution in [0.5, 0.6) is 5.75 Å². The Kier molecular flexibility index (Phi) is 7.98. The van der Waals surface area contributed by atoms with Gasteiger partial charge in [0, 0.05) is 12.4 Å². The van der Waals surface area contributed by atoms with Crippen LogP contribution in [0.4, 0.5) is 13.2 Å². The van der Waals surface area contributed by atoms with Gasteiger partial charge in [-0.3, -0.25) is 14.6 Å². The molecule has 0 bridgehead atoms. The van der Waals surface area contributed by atoms with E-state index < -0.39 is 47.5 Å². The van der Waals surface area contributed by atoms with Gasteiger partial charge in [0.2, 0.25) is 5.82 Å². The summed E-state index contributed by atoms with van der Waals surface area (Å²) in [5.74, 6) is -5.93. The van der Waals surface area contributed by atoms with Crippen LogP contribution in [-0.4, -0.2) is 29.3 Å². The summed E-state index contributed by atoms with van der Waals surface area (Å²) in [6.45, 7) is 1.28. The molecule has 8 heteroatoms. The number of hydrogen-bond donors (Lipinski definition) is 1. The van der Waals surface area contributed by atoms with E-state index in [9.17, 15) is 22.8 Å². The van der Waals surface area contributed by atoms with E-state index in [1.165, 1.54) is 12.4 Å². The van der Waals surface area contributed by atoms with Crippen LogP contribution in [0.25, 0.3) is 0 Å². The Morgan fingerprint density at radius 3 is 2.57 bits per heavy atom. The van der Waals surface area contributed by atoms with Crippen molar-refractivity contribution in [3.63, 3.8) is 0 Å². The van der Waals surface area contributed by atoms with Crippen LogP contribution in [-0.2, 0) is 4.79 Å². The fourth-order valence-electron chi connectivity index (χ4n) is 2.54. The summed E-state index contributed by atoms with van der Waals surface area (Å²) >= 11 is 0. The number of ether oxygens (including phenoxy) is 1. The summed E-state index contributed by atoms with van der Waals surface area (Å²) < 4.78 is 45.4. The van der Waals surface area contributed by atoms with Gasteiger partial charge in [0.25, 0.3) is 5.91 Å². The molecule has 1 N–H and O–H groups in total. The molecule has 0 spiro atoms. The SMILES string of the molecule is CCCCC[C@H](NC(=O)c1cccnc1)C(=O)COc1c(F)ccc(F)c1F. The number of unbranched alkanes of at least 4 members (excludes halogenated alkanes) is 2. The molecule has 0 aliphatic rings. The number of hydrogen-bond acceptors (Lipinski definition) is 4. The van der Waals surface area contributed by atoms with E-state index in [4.69, 9.17) is 4.74 Å². The number of benzene rings is 1. The normalized spacial score (nSPS) is 11.7. The number of halogens is 3. The molecule has 0 radical (unpaired) electrons. The predicted molar refractivity (Wildman–Crippen MR) is 96.5 cm³/mol. The standard InChI is InChI=1S/C20H21F3N2O3/c1-2-3-4-7-16(25-20(27)13-6-5-10-24-11-13)17(26)12-28-19-15(22)9-8-14(21)18(19)23/h5-6,8-11,16H,2-4,7,12H2,1H3,(H,25,27)/t16-/m0/s1. The van der Waals surface area contributed by atoms with Crippen molar-refractivity contribution in [3.05, 3.63) is 59.7 Å². The first kappa shape index (κ1) is 21.4. The second-order valence-corrected chi connectivity index (χ2v) is 6.19. The molecule has 1 amide bonds. The molecule has 0 aliphatic carbocycles. The van der Waals surface area contributed by atoms with Gasteiger partial charge in [-0.15, -0.1) is 0 Å². The van der Waals surface area contributed by atoms with Gasteiger partial charge >= 0.3 is 0 Å². The van der Waals surface area contributed by atoms with Gasteiger partial charge < -0.3 is 10.1 Å². The van der Waals surface area contributed by atoms with Gasteiger partial charge in [0.15, 0.2) is 23.2 Å².